The number of carbonyl (C=O) groups excluding carboxylic acids is 3. The Morgan fingerprint density at radius 1 is 1.02 bits per heavy atom. The zero-order chi connectivity index (χ0) is 33.8. The molecule has 1 saturated carbocycles. The number of likely N-dealkylation sites (tertiary alicyclic amines) is 1. The molecule has 6 aliphatic rings. The van der Waals surface area contributed by atoms with Crippen LogP contribution in [-0.2, 0) is 57.6 Å². The highest BCUT2D eigenvalue weighted by molar-refractivity contribution is 5.96. The number of esters is 1. The summed E-state index contributed by atoms with van der Waals surface area (Å²) in [6.07, 6.45) is 2.58. The SMILES string of the molecule is O=C(NCCO)C1CCCN1C(=O)C12CC3OC(=O)C1N(Cc1ccccc1C=COCCO)OC2C1OC2(Cc4ccccc4C2)OC31. The zero-order valence-electron chi connectivity index (χ0n) is 27.1. The van der Waals surface area contributed by atoms with Crippen LogP contribution in [0.15, 0.2) is 54.8 Å². The maximum absolute atomic E-state index is 15.1. The van der Waals surface area contributed by atoms with E-state index in [0.29, 0.717) is 32.2 Å². The fourth-order valence-electron chi connectivity index (χ4n) is 8.84. The predicted octanol–water partition coefficient (Wildman–Crippen LogP) is 0.845. The lowest BCUT2D eigenvalue weighted by Crippen LogP contribution is -2.70. The normalized spacial score (nSPS) is 32.4. The minimum atomic E-state index is -1.41. The lowest BCUT2D eigenvalue weighted by molar-refractivity contribution is -0.218. The second-order valence-corrected chi connectivity index (χ2v) is 13.7. The monoisotopic (exact) mass is 675 g/mol. The summed E-state index contributed by atoms with van der Waals surface area (Å²) in [4.78, 5) is 50.9. The third-order valence-corrected chi connectivity index (χ3v) is 10.9. The summed E-state index contributed by atoms with van der Waals surface area (Å²) in [6.45, 7) is 0.402. The van der Waals surface area contributed by atoms with Crippen LogP contribution in [0.25, 0.3) is 6.08 Å². The van der Waals surface area contributed by atoms with E-state index in [0.717, 1.165) is 22.3 Å². The lowest BCUT2D eigenvalue weighted by atomic mass is 9.62. The Labute approximate surface area is 283 Å². The van der Waals surface area contributed by atoms with Gasteiger partial charge in [-0.05, 0) is 41.2 Å². The smallest absolute Gasteiger partial charge is 0.327 e. The molecule has 13 nitrogen and oxygen atoms in total. The average molecular weight is 676 g/mol. The number of fused-ring (bicyclic) bond motifs is 5. The van der Waals surface area contributed by atoms with Gasteiger partial charge in [0.15, 0.2) is 11.8 Å². The molecule has 2 aromatic carbocycles. The van der Waals surface area contributed by atoms with E-state index in [4.69, 9.17) is 28.9 Å². The molecule has 5 fully saturated rings. The number of hydrogen-bond donors (Lipinski definition) is 3. The molecule has 3 N–H and O–H groups in total. The summed E-state index contributed by atoms with van der Waals surface area (Å²) in [5.41, 5.74) is 2.46. The number of hydroxylamine groups is 2. The molecule has 7 atom stereocenters. The van der Waals surface area contributed by atoms with Crippen LogP contribution in [0.1, 0.15) is 41.5 Å². The third kappa shape index (κ3) is 5.34. The van der Waals surface area contributed by atoms with E-state index in [2.05, 4.69) is 17.4 Å². The minimum Gasteiger partial charge on any atom is -0.499 e. The fourth-order valence-corrected chi connectivity index (χ4v) is 8.84. The Morgan fingerprint density at radius 3 is 2.55 bits per heavy atom. The van der Waals surface area contributed by atoms with Crippen LogP contribution in [-0.4, -0.2) is 113 Å². The molecule has 4 heterocycles. The van der Waals surface area contributed by atoms with Crippen molar-refractivity contribution in [2.45, 2.75) is 80.9 Å². The molecule has 4 saturated heterocycles. The van der Waals surface area contributed by atoms with Crippen molar-refractivity contribution in [3.63, 3.8) is 0 Å². The van der Waals surface area contributed by atoms with Crippen LogP contribution in [0.3, 0.4) is 0 Å². The minimum absolute atomic E-state index is 0.0807. The standard InChI is InChI=1S/C36H41N3O10/c40-14-12-37-32(42)26-10-5-13-38(26)34(44)36-20-27-28-29(48-35(47-28)18-23-7-2-3-8-24(23)19-35)31(36)49-39(30(36)33(43)46-27)21-25-9-4-1-6-22(25)11-16-45-17-15-41/h1-4,6-9,11,16,26-31,40-41H,5,10,12-15,17-21H2,(H,37,42). The van der Waals surface area contributed by atoms with E-state index in [-0.39, 0.29) is 51.1 Å². The van der Waals surface area contributed by atoms with Crippen LogP contribution in [0.2, 0.25) is 0 Å². The van der Waals surface area contributed by atoms with Crippen molar-refractivity contribution in [3.8, 4) is 0 Å². The number of aliphatic hydroxyl groups excluding tert-OH is 2. The van der Waals surface area contributed by atoms with Crippen molar-refractivity contribution in [1.82, 2.24) is 15.3 Å². The summed E-state index contributed by atoms with van der Waals surface area (Å²) in [6, 6.07) is 13.8. The van der Waals surface area contributed by atoms with Crippen molar-refractivity contribution in [2.24, 2.45) is 5.41 Å². The molecule has 2 aliphatic carbocycles. The summed E-state index contributed by atoms with van der Waals surface area (Å²) >= 11 is 0. The first-order chi connectivity index (χ1) is 23.9. The van der Waals surface area contributed by atoms with Gasteiger partial charge in [0.1, 0.15) is 42.5 Å². The second kappa shape index (κ2) is 12.8. The summed E-state index contributed by atoms with van der Waals surface area (Å²) in [7, 11) is 0. The van der Waals surface area contributed by atoms with E-state index in [1.54, 1.807) is 16.0 Å². The molecule has 1 spiro atoms. The van der Waals surface area contributed by atoms with E-state index in [1.165, 1.54) is 6.26 Å². The first kappa shape index (κ1) is 32.4. The number of nitrogens with one attached hydrogen (secondary N) is 1. The van der Waals surface area contributed by atoms with Gasteiger partial charge < -0.3 is 39.4 Å². The molecule has 8 rings (SSSR count). The highest BCUT2D eigenvalue weighted by Crippen LogP contribution is 2.59. The van der Waals surface area contributed by atoms with Gasteiger partial charge >= 0.3 is 5.97 Å². The van der Waals surface area contributed by atoms with Gasteiger partial charge in [0, 0.05) is 32.4 Å². The van der Waals surface area contributed by atoms with Crippen molar-refractivity contribution < 1.29 is 48.4 Å². The van der Waals surface area contributed by atoms with E-state index >= 15 is 4.79 Å². The van der Waals surface area contributed by atoms with Crippen LogP contribution in [0.5, 0.6) is 0 Å². The highest BCUT2D eigenvalue weighted by Gasteiger charge is 2.77. The molecule has 7 unspecified atom stereocenters. The Morgan fingerprint density at radius 2 is 1.78 bits per heavy atom. The number of aliphatic hydroxyl groups is 2. The number of amides is 2. The molecule has 2 amide bonds. The number of hydrogen-bond acceptors (Lipinski definition) is 11. The largest absolute Gasteiger partial charge is 0.499 e. The van der Waals surface area contributed by atoms with Crippen molar-refractivity contribution >= 4 is 23.9 Å². The first-order valence-corrected chi connectivity index (χ1v) is 17.1. The van der Waals surface area contributed by atoms with Crippen LogP contribution in [0, 0.1) is 5.41 Å². The molecule has 13 heteroatoms. The molecule has 260 valence electrons. The maximum Gasteiger partial charge on any atom is 0.327 e. The molecular formula is C36H41N3O10. The first-order valence-electron chi connectivity index (χ1n) is 17.1. The number of rotatable bonds is 10. The number of nitrogens with zero attached hydrogens (tertiary/aromatic N) is 2. The van der Waals surface area contributed by atoms with E-state index in [1.807, 2.05) is 36.4 Å². The van der Waals surface area contributed by atoms with Gasteiger partial charge in [0.25, 0.3) is 0 Å². The number of benzene rings is 2. The molecule has 0 radical (unpaired) electrons. The van der Waals surface area contributed by atoms with Crippen LogP contribution < -0.4 is 5.32 Å². The van der Waals surface area contributed by atoms with E-state index in [9.17, 15) is 14.7 Å². The Bertz CT molecular complexity index is 1630. The highest BCUT2D eigenvalue weighted by atomic mass is 16.8. The predicted molar refractivity (Wildman–Crippen MR) is 171 cm³/mol. The Hall–Kier alpha value is -3.85. The maximum atomic E-state index is 15.1. The zero-order valence-corrected chi connectivity index (χ0v) is 27.1. The molecule has 2 aromatic rings. The van der Waals surface area contributed by atoms with Gasteiger partial charge in [-0.3, -0.25) is 19.2 Å². The van der Waals surface area contributed by atoms with Crippen molar-refractivity contribution in [2.75, 3.05) is 32.9 Å². The lowest BCUT2D eigenvalue weighted by Gasteiger charge is -2.50. The van der Waals surface area contributed by atoms with Crippen LogP contribution >= 0.6 is 0 Å². The molecule has 4 aliphatic heterocycles. The van der Waals surface area contributed by atoms with Crippen molar-refractivity contribution in [1.29, 1.82) is 0 Å². The third-order valence-electron chi connectivity index (χ3n) is 10.9. The van der Waals surface area contributed by atoms with Gasteiger partial charge in [0.2, 0.25) is 11.8 Å². The molecule has 0 aromatic heterocycles. The van der Waals surface area contributed by atoms with Crippen molar-refractivity contribution in [3.05, 3.63) is 77.0 Å². The summed E-state index contributed by atoms with van der Waals surface area (Å²) < 4.78 is 25.1. The average Bonchev–Trinajstić information content (AvgIpc) is 3.89. The molecular weight excluding hydrogens is 634 g/mol. The van der Waals surface area contributed by atoms with Gasteiger partial charge in [-0.25, -0.2) is 0 Å². The second-order valence-electron chi connectivity index (χ2n) is 13.7. The summed E-state index contributed by atoms with van der Waals surface area (Å²) in [5, 5.41) is 22.7. The Balaban J connectivity index is 1.16. The topological polar surface area (TPSA) is 156 Å². The summed E-state index contributed by atoms with van der Waals surface area (Å²) in [5.74, 6) is -2.23. The van der Waals surface area contributed by atoms with Crippen LogP contribution in [0.4, 0.5) is 0 Å². The van der Waals surface area contributed by atoms with Gasteiger partial charge in [-0.2, -0.15) is 5.06 Å². The quantitative estimate of drug-likeness (QED) is 0.186. The van der Waals surface area contributed by atoms with E-state index < -0.39 is 53.7 Å². The fraction of sp³-hybridized carbons (Fsp3) is 0.528. The number of ether oxygens (including phenoxy) is 4. The molecule has 2 bridgehead atoms. The Kier molecular flexibility index (Phi) is 8.45. The van der Waals surface area contributed by atoms with Gasteiger partial charge in [0.05, 0.1) is 26.0 Å². The van der Waals surface area contributed by atoms with Gasteiger partial charge in [-0.15, -0.1) is 0 Å². The molecule has 49 heavy (non-hydrogen) atoms. The van der Waals surface area contributed by atoms with Gasteiger partial charge in [-0.1, -0.05) is 48.5 Å². The number of carbonyl (C=O) groups is 3.